The second-order valence-electron chi connectivity index (χ2n) is 9.24. The first-order chi connectivity index (χ1) is 14.7. The summed E-state index contributed by atoms with van der Waals surface area (Å²) in [4.78, 5) is 34.1. The molecule has 6 nitrogen and oxygen atoms in total. The highest BCUT2D eigenvalue weighted by molar-refractivity contribution is 5.94. The molecule has 0 heterocycles. The summed E-state index contributed by atoms with van der Waals surface area (Å²) in [6, 6.07) is 0. The summed E-state index contributed by atoms with van der Waals surface area (Å²) in [5.74, 6) is -0.207. The van der Waals surface area contributed by atoms with Crippen molar-refractivity contribution in [1.29, 1.82) is 0 Å². The maximum atomic E-state index is 12.3. The van der Waals surface area contributed by atoms with Gasteiger partial charge in [0, 0.05) is 18.8 Å². The van der Waals surface area contributed by atoms with Crippen molar-refractivity contribution in [1.82, 2.24) is 5.32 Å². The van der Waals surface area contributed by atoms with E-state index in [-0.39, 0.29) is 23.0 Å². The Morgan fingerprint density at radius 1 is 1.19 bits per heavy atom. The Labute approximate surface area is 187 Å². The summed E-state index contributed by atoms with van der Waals surface area (Å²) in [6.07, 6.45) is 15.0. The van der Waals surface area contributed by atoms with Crippen LogP contribution in [-0.4, -0.2) is 35.6 Å². The van der Waals surface area contributed by atoms with Gasteiger partial charge in [-0.25, -0.2) is 4.79 Å². The molecule has 31 heavy (non-hydrogen) atoms. The lowest BCUT2D eigenvalue weighted by Gasteiger charge is -2.29. The zero-order valence-corrected chi connectivity index (χ0v) is 19.7. The SMILES string of the molecule is CCCCC(C)(C)[C@H](O)/C=C/[C@H]1C=CC(=O)[C@@H]1CCCCCCCOC(=O)NC(C)=O. The standard InChI is InChI=1S/C25H41NO5/c1-5-6-17-25(3,4)23(29)16-14-20-13-15-22(28)21(20)12-10-8-7-9-11-18-31-24(30)26-19(2)27/h13-16,20-21,23,29H,5-12,17-18H2,1-4H3,(H,26,27,30)/b16-14+/t20-,21-,23-/m1/s1. The van der Waals surface area contributed by atoms with Crippen molar-refractivity contribution in [3.63, 3.8) is 0 Å². The topological polar surface area (TPSA) is 92.7 Å². The molecule has 1 aliphatic carbocycles. The molecule has 0 aromatic heterocycles. The molecule has 3 atom stereocenters. The number of aliphatic hydroxyl groups excluding tert-OH is 1. The van der Waals surface area contributed by atoms with Crippen LogP contribution in [0.15, 0.2) is 24.3 Å². The molecule has 0 bridgehead atoms. The Bertz CT molecular complexity index is 638. The summed E-state index contributed by atoms with van der Waals surface area (Å²) in [6.45, 7) is 7.90. The van der Waals surface area contributed by atoms with Crippen molar-refractivity contribution in [3.05, 3.63) is 24.3 Å². The number of hydrogen-bond acceptors (Lipinski definition) is 5. The maximum Gasteiger partial charge on any atom is 0.413 e. The van der Waals surface area contributed by atoms with Gasteiger partial charge in [0.2, 0.25) is 5.91 Å². The molecular formula is C25H41NO5. The molecule has 0 aromatic carbocycles. The molecule has 176 valence electrons. The van der Waals surface area contributed by atoms with E-state index >= 15 is 0 Å². The molecular weight excluding hydrogens is 394 g/mol. The summed E-state index contributed by atoms with van der Waals surface area (Å²) in [5.41, 5.74) is -0.162. The first-order valence-electron chi connectivity index (χ1n) is 11.7. The van der Waals surface area contributed by atoms with Crippen LogP contribution in [-0.2, 0) is 14.3 Å². The third kappa shape index (κ3) is 10.8. The number of carbonyl (C=O) groups excluding carboxylic acids is 3. The second-order valence-corrected chi connectivity index (χ2v) is 9.24. The smallest absolute Gasteiger partial charge is 0.413 e. The van der Waals surface area contributed by atoms with Crippen LogP contribution in [0.3, 0.4) is 0 Å². The lowest BCUT2D eigenvalue weighted by atomic mass is 9.80. The van der Waals surface area contributed by atoms with Crippen LogP contribution in [0.2, 0.25) is 0 Å². The van der Waals surface area contributed by atoms with E-state index in [1.54, 1.807) is 6.08 Å². The minimum atomic E-state index is -0.697. The number of ketones is 1. The molecule has 0 aliphatic heterocycles. The Balaban J connectivity index is 2.29. The molecule has 2 N–H and O–H groups in total. The van der Waals surface area contributed by atoms with Gasteiger partial charge in [-0.3, -0.25) is 14.9 Å². The van der Waals surface area contributed by atoms with Crippen LogP contribution in [0.5, 0.6) is 0 Å². The third-order valence-electron chi connectivity index (χ3n) is 5.97. The number of aliphatic hydroxyl groups is 1. The molecule has 0 spiro atoms. The van der Waals surface area contributed by atoms with Crippen LogP contribution in [0, 0.1) is 17.3 Å². The number of carbonyl (C=O) groups is 3. The van der Waals surface area contributed by atoms with E-state index in [0.717, 1.165) is 57.8 Å². The third-order valence-corrected chi connectivity index (χ3v) is 5.97. The number of amides is 2. The van der Waals surface area contributed by atoms with Gasteiger partial charge in [-0.15, -0.1) is 0 Å². The number of allylic oxidation sites excluding steroid dienone is 3. The molecule has 0 unspecified atom stereocenters. The van der Waals surface area contributed by atoms with Gasteiger partial charge in [-0.1, -0.05) is 77.5 Å². The highest BCUT2D eigenvalue weighted by Gasteiger charge is 2.29. The van der Waals surface area contributed by atoms with E-state index < -0.39 is 18.1 Å². The van der Waals surface area contributed by atoms with Crippen molar-refractivity contribution in [2.75, 3.05) is 6.61 Å². The fourth-order valence-electron chi connectivity index (χ4n) is 3.80. The average molecular weight is 436 g/mol. The average Bonchev–Trinajstić information content (AvgIpc) is 3.05. The molecule has 2 amide bonds. The second kappa shape index (κ2) is 14.2. The molecule has 1 rings (SSSR count). The van der Waals surface area contributed by atoms with Crippen LogP contribution < -0.4 is 5.32 Å². The van der Waals surface area contributed by atoms with E-state index in [1.807, 2.05) is 18.2 Å². The van der Waals surface area contributed by atoms with E-state index in [9.17, 15) is 19.5 Å². The summed E-state index contributed by atoms with van der Waals surface area (Å²) in [7, 11) is 0. The lowest BCUT2D eigenvalue weighted by molar-refractivity contribution is -0.119. The van der Waals surface area contributed by atoms with Crippen molar-refractivity contribution < 1.29 is 24.2 Å². The minimum absolute atomic E-state index is 0.0270. The Morgan fingerprint density at radius 2 is 1.87 bits per heavy atom. The lowest BCUT2D eigenvalue weighted by Crippen LogP contribution is -2.28. The quantitative estimate of drug-likeness (QED) is 0.292. The van der Waals surface area contributed by atoms with E-state index in [2.05, 4.69) is 26.1 Å². The molecule has 0 saturated heterocycles. The maximum absolute atomic E-state index is 12.3. The van der Waals surface area contributed by atoms with Gasteiger partial charge in [0.1, 0.15) is 0 Å². The number of alkyl carbamates (subject to hydrolysis) is 1. The van der Waals surface area contributed by atoms with Gasteiger partial charge in [0.15, 0.2) is 5.78 Å². The Hall–Kier alpha value is -1.95. The van der Waals surface area contributed by atoms with E-state index in [4.69, 9.17) is 4.74 Å². The predicted molar refractivity (Wildman–Crippen MR) is 122 cm³/mol. The molecule has 0 saturated carbocycles. The minimum Gasteiger partial charge on any atom is -0.449 e. The molecule has 0 radical (unpaired) electrons. The zero-order valence-electron chi connectivity index (χ0n) is 19.7. The number of nitrogens with one attached hydrogen (secondary N) is 1. The van der Waals surface area contributed by atoms with Gasteiger partial charge in [-0.05, 0) is 30.8 Å². The van der Waals surface area contributed by atoms with Crippen LogP contribution in [0.4, 0.5) is 4.79 Å². The summed E-state index contributed by atoms with van der Waals surface area (Å²) >= 11 is 0. The zero-order chi connectivity index (χ0) is 23.3. The van der Waals surface area contributed by atoms with Gasteiger partial charge in [0.25, 0.3) is 0 Å². The predicted octanol–water partition coefficient (Wildman–Crippen LogP) is 5.10. The largest absolute Gasteiger partial charge is 0.449 e. The summed E-state index contributed by atoms with van der Waals surface area (Å²) < 4.78 is 4.91. The highest BCUT2D eigenvalue weighted by atomic mass is 16.5. The Kier molecular flexibility index (Phi) is 12.4. The number of hydrogen-bond donors (Lipinski definition) is 2. The van der Waals surface area contributed by atoms with Crippen molar-refractivity contribution >= 4 is 17.8 Å². The van der Waals surface area contributed by atoms with Crippen molar-refractivity contribution in [2.24, 2.45) is 17.3 Å². The van der Waals surface area contributed by atoms with Crippen LogP contribution in [0.25, 0.3) is 0 Å². The molecule has 6 heteroatoms. The van der Waals surface area contributed by atoms with Crippen LogP contribution >= 0.6 is 0 Å². The fourth-order valence-corrected chi connectivity index (χ4v) is 3.80. The first-order valence-corrected chi connectivity index (χ1v) is 11.7. The van der Waals surface area contributed by atoms with Gasteiger partial charge in [0.05, 0.1) is 12.7 Å². The first kappa shape index (κ1) is 27.1. The van der Waals surface area contributed by atoms with Crippen LogP contribution in [0.1, 0.15) is 85.5 Å². The monoisotopic (exact) mass is 435 g/mol. The van der Waals surface area contributed by atoms with Gasteiger partial charge in [-0.2, -0.15) is 0 Å². The number of ether oxygens (including phenoxy) is 1. The van der Waals surface area contributed by atoms with E-state index in [0.29, 0.717) is 6.61 Å². The van der Waals surface area contributed by atoms with Crippen molar-refractivity contribution in [3.8, 4) is 0 Å². The summed E-state index contributed by atoms with van der Waals surface area (Å²) in [5, 5.41) is 12.6. The van der Waals surface area contributed by atoms with Crippen molar-refractivity contribution in [2.45, 2.75) is 91.6 Å². The Morgan fingerprint density at radius 3 is 2.55 bits per heavy atom. The number of unbranched alkanes of at least 4 members (excludes halogenated alkanes) is 5. The fraction of sp³-hybridized carbons (Fsp3) is 0.720. The highest BCUT2D eigenvalue weighted by Crippen LogP contribution is 2.32. The number of rotatable bonds is 14. The normalized spacial score (nSPS) is 19.7. The molecule has 0 fully saturated rings. The molecule has 1 aliphatic rings. The van der Waals surface area contributed by atoms with Gasteiger partial charge < -0.3 is 9.84 Å². The molecule has 0 aromatic rings. The van der Waals surface area contributed by atoms with E-state index in [1.165, 1.54) is 6.92 Å². The number of imide groups is 1. The van der Waals surface area contributed by atoms with Gasteiger partial charge >= 0.3 is 6.09 Å².